The first-order chi connectivity index (χ1) is 19.8. The molecule has 3 aromatic rings. The van der Waals surface area contributed by atoms with E-state index in [-0.39, 0.29) is 24.3 Å². The van der Waals surface area contributed by atoms with Gasteiger partial charge in [0.25, 0.3) is 0 Å². The Labute approximate surface area is 238 Å². The molecule has 0 radical (unpaired) electrons. The van der Waals surface area contributed by atoms with Crippen molar-refractivity contribution in [2.24, 2.45) is 7.05 Å². The van der Waals surface area contributed by atoms with Crippen molar-refractivity contribution < 1.29 is 26.3 Å². The number of pyridine rings is 1. The molecular weight excluding hydrogens is 564 g/mol. The molecule has 0 bridgehead atoms. The van der Waals surface area contributed by atoms with Crippen molar-refractivity contribution in [2.75, 3.05) is 31.1 Å². The zero-order valence-electron chi connectivity index (χ0n) is 23.3. The summed E-state index contributed by atoms with van der Waals surface area (Å²) in [4.78, 5) is 25.5. The van der Waals surface area contributed by atoms with Gasteiger partial charge in [-0.15, -0.1) is 0 Å². The van der Waals surface area contributed by atoms with Gasteiger partial charge >= 0.3 is 18.0 Å². The quantitative estimate of drug-likeness (QED) is 0.375. The van der Waals surface area contributed by atoms with Crippen LogP contribution < -0.4 is 15.9 Å². The Morgan fingerprint density at radius 3 is 2.24 bits per heavy atom. The van der Waals surface area contributed by atoms with Crippen LogP contribution in [0.3, 0.4) is 0 Å². The van der Waals surface area contributed by atoms with Crippen LogP contribution in [-0.2, 0) is 13.2 Å². The molecule has 1 aliphatic rings. The molecule has 14 heteroatoms. The number of fused-ring (bicyclic) bond motifs is 1. The predicted molar refractivity (Wildman–Crippen MR) is 145 cm³/mol. The Bertz CT molecular complexity index is 1500. The van der Waals surface area contributed by atoms with Crippen LogP contribution in [0.2, 0.25) is 0 Å². The Morgan fingerprint density at radius 2 is 1.67 bits per heavy atom. The summed E-state index contributed by atoms with van der Waals surface area (Å²) in [5.41, 5.74) is 0.132. The fourth-order valence-corrected chi connectivity index (χ4v) is 5.47. The number of hydrogen-bond acceptors (Lipinski definition) is 7. The number of aromatic nitrogens is 3. The highest BCUT2D eigenvalue weighted by atomic mass is 19.4. The second-order valence-corrected chi connectivity index (χ2v) is 10.3. The highest BCUT2D eigenvalue weighted by molar-refractivity contribution is 5.86. The van der Waals surface area contributed by atoms with E-state index in [0.717, 1.165) is 12.1 Å². The minimum absolute atomic E-state index is 0.141. The third-order valence-corrected chi connectivity index (χ3v) is 7.69. The van der Waals surface area contributed by atoms with E-state index in [0.29, 0.717) is 48.3 Å². The Hall–Kier alpha value is -3.70. The fraction of sp³-hybridized carbons (Fsp3) is 0.500. The van der Waals surface area contributed by atoms with E-state index in [4.69, 9.17) is 0 Å². The lowest BCUT2D eigenvalue weighted by molar-refractivity contribution is -0.137. The van der Waals surface area contributed by atoms with Crippen LogP contribution in [0.5, 0.6) is 0 Å². The van der Waals surface area contributed by atoms with Crippen molar-refractivity contribution in [2.45, 2.75) is 57.2 Å². The molecule has 1 unspecified atom stereocenters. The van der Waals surface area contributed by atoms with Crippen molar-refractivity contribution in [3.63, 3.8) is 0 Å². The van der Waals surface area contributed by atoms with Gasteiger partial charge in [0.1, 0.15) is 17.3 Å². The molecule has 1 N–H and O–H groups in total. The third-order valence-electron chi connectivity index (χ3n) is 7.69. The second-order valence-electron chi connectivity index (χ2n) is 10.3. The largest absolute Gasteiger partial charge is 0.416 e. The lowest BCUT2D eigenvalue weighted by Gasteiger charge is -2.50. The summed E-state index contributed by atoms with van der Waals surface area (Å²) in [7, 11) is 1.56. The molecule has 4 rings (SSSR count). The molecule has 3 atom stereocenters. The Morgan fingerprint density at radius 1 is 1.00 bits per heavy atom. The first-order valence-corrected chi connectivity index (χ1v) is 13.5. The van der Waals surface area contributed by atoms with Gasteiger partial charge in [0.15, 0.2) is 5.82 Å². The molecule has 0 spiro atoms. The summed E-state index contributed by atoms with van der Waals surface area (Å²) < 4.78 is 80.1. The first-order valence-electron chi connectivity index (χ1n) is 13.5. The standard InChI is InChI=1S/C28H31F6N7O/c1-4-20-15-41(25-24-22(39(3)26(42)38-25)11-10-19(12-35)37-24)21(5-2)14-40(20)23(13-36-16-27(29,30)31)17-6-8-18(9-7-17)28(32,33)34/h6-11,20-21,23,36H,4-5,13-16H2,1-3H3/t20-,21+,23?/m1/s1. The number of nitriles is 1. The molecule has 0 aliphatic carbocycles. The highest BCUT2D eigenvalue weighted by Gasteiger charge is 2.39. The van der Waals surface area contributed by atoms with Gasteiger partial charge < -0.3 is 10.2 Å². The third kappa shape index (κ3) is 6.68. The number of hydrogen-bond donors (Lipinski definition) is 1. The molecule has 42 heavy (non-hydrogen) atoms. The van der Waals surface area contributed by atoms with Gasteiger partial charge in [-0.05, 0) is 42.7 Å². The van der Waals surface area contributed by atoms with Gasteiger partial charge in [-0.2, -0.15) is 36.6 Å². The van der Waals surface area contributed by atoms with E-state index in [1.807, 2.05) is 29.7 Å². The maximum atomic E-state index is 13.2. The minimum atomic E-state index is -4.55. The van der Waals surface area contributed by atoms with E-state index in [2.05, 4.69) is 15.3 Å². The van der Waals surface area contributed by atoms with E-state index in [1.165, 1.54) is 22.8 Å². The number of rotatable bonds is 8. The fourth-order valence-electron chi connectivity index (χ4n) is 5.47. The number of nitrogens with zero attached hydrogens (tertiary/aromatic N) is 6. The van der Waals surface area contributed by atoms with Crippen LogP contribution >= 0.6 is 0 Å². The van der Waals surface area contributed by atoms with E-state index in [9.17, 15) is 36.4 Å². The van der Waals surface area contributed by atoms with Crippen LogP contribution in [0.15, 0.2) is 41.2 Å². The van der Waals surface area contributed by atoms with Gasteiger partial charge in [0, 0.05) is 44.8 Å². The molecule has 1 fully saturated rings. The number of nitrogens with one attached hydrogen (secondary N) is 1. The normalized spacial score (nSPS) is 19.2. The van der Waals surface area contributed by atoms with Gasteiger partial charge in [-0.25, -0.2) is 9.78 Å². The Kier molecular flexibility index (Phi) is 9.12. The average molecular weight is 596 g/mol. The van der Waals surface area contributed by atoms with Gasteiger partial charge in [0.2, 0.25) is 0 Å². The molecule has 226 valence electrons. The maximum Gasteiger partial charge on any atom is 0.416 e. The van der Waals surface area contributed by atoms with Gasteiger partial charge in [0.05, 0.1) is 17.6 Å². The lowest BCUT2D eigenvalue weighted by Crippen LogP contribution is -2.60. The molecule has 1 aromatic carbocycles. The number of halogens is 6. The summed E-state index contributed by atoms with van der Waals surface area (Å²) in [6, 6.07) is 8.47. The van der Waals surface area contributed by atoms with Crippen LogP contribution in [-0.4, -0.2) is 63.9 Å². The number of anilines is 1. The van der Waals surface area contributed by atoms with Crippen molar-refractivity contribution in [3.05, 3.63) is 63.7 Å². The van der Waals surface area contributed by atoms with Crippen LogP contribution in [0, 0.1) is 11.3 Å². The summed E-state index contributed by atoms with van der Waals surface area (Å²) >= 11 is 0. The van der Waals surface area contributed by atoms with Gasteiger partial charge in [-0.1, -0.05) is 26.0 Å². The molecular formula is C28H31F6N7O. The highest BCUT2D eigenvalue weighted by Crippen LogP contribution is 2.35. The second kappa shape index (κ2) is 12.3. The lowest BCUT2D eigenvalue weighted by atomic mass is 9.95. The monoisotopic (exact) mass is 595 g/mol. The first kappa shape index (κ1) is 31.2. The van der Waals surface area contributed by atoms with Crippen molar-refractivity contribution in [1.29, 1.82) is 5.26 Å². The van der Waals surface area contributed by atoms with Crippen LogP contribution in [0.1, 0.15) is 49.6 Å². The van der Waals surface area contributed by atoms with Crippen molar-refractivity contribution in [1.82, 2.24) is 24.8 Å². The summed E-state index contributed by atoms with van der Waals surface area (Å²) in [5, 5.41) is 11.9. The topological polar surface area (TPSA) is 90.1 Å². The number of alkyl halides is 6. The molecule has 1 saturated heterocycles. The Balaban J connectivity index is 1.74. The molecule has 3 heterocycles. The number of aryl methyl sites for hydroxylation is 1. The SMILES string of the molecule is CC[C@H]1CN(C(CNCC(F)(F)F)c2ccc(C(F)(F)F)cc2)[C@H](CC)CN1c1nc(=O)n(C)c2ccc(C#N)nc12. The average Bonchev–Trinajstić information content (AvgIpc) is 2.95. The van der Waals surface area contributed by atoms with Crippen LogP contribution in [0.25, 0.3) is 11.0 Å². The van der Waals surface area contributed by atoms with Crippen molar-refractivity contribution >= 4 is 16.9 Å². The van der Waals surface area contributed by atoms with Crippen LogP contribution in [0.4, 0.5) is 32.2 Å². The molecule has 0 amide bonds. The number of piperazine rings is 1. The molecule has 0 saturated carbocycles. The smallest absolute Gasteiger partial charge is 0.349 e. The summed E-state index contributed by atoms with van der Waals surface area (Å²) in [5.74, 6) is 0.316. The number of benzene rings is 1. The molecule has 1 aliphatic heterocycles. The predicted octanol–water partition coefficient (Wildman–Crippen LogP) is 4.79. The van der Waals surface area contributed by atoms with E-state index >= 15 is 0 Å². The van der Waals surface area contributed by atoms with Crippen molar-refractivity contribution in [3.8, 4) is 6.07 Å². The van der Waals surface area contributed by atoms with Gasteiger partial charge in [-0.3, -0.25) is 9.47 Å². The summed E-state index contributed by atoms with van der Waals surface area (Å²) in [6.07, 6.45) is -7.88. The summed E-state index contributed by atoms with van der Waals surface area (Å²) in [6.45, 7) is 3.13. The molecule has 2 aromatic heterocycles. The zero-order valence-corrected chi connectivity index (χ0v) is 23.3. The molecule has 8 nitrogen and oxygen atoms in total. The zero-order chi connectivity index (χ0) is 30.8. The minimum Gasteiger partial charge on any atom is -0.349 e. The van der Waals surface area contributed by atoms with E-state index in [1.54, 1.807) is 13.1 Å². The van der Waals surface area contributed by atoms with E-state index < -0.39 is 36.2 Å². The maximum absolute atomic E-state index is 13.2.